The third kappa shape index (κ3) is 4.94. The Balaban J connectivity index is 1.23. The highest BCUT2D eigenvalue weighted by molar-refractivity contribution is 6.01. The second kappa shape index (κ2) is 10.1. The Morgan fingerprint density at radius 1 is 0.914 bits per heavy atom. The quantitative estimate of drug-likeness (QED) is 0.512. The van der Waals surface area contributed by atoms with Crippen molar-refractivity contribution in [2.45, 2.75) is 12.8 Å². The molecule has 1 N–H and O–H groups in total. The van der Waals surface area contributed by atoms with Gasteiger partial charge in [-0.1, -0.05) is 12.1 Å². The number of carbonyl (C=O) groups is 2. The number of hydrogen-bond donors (Lipinski definition) is 1. The molecule has 0 bridgehead atoms. The highest BCUT2D eigenvalue weighted by Gasteiger charge is 2.30. The number of Topliss-reactive ketones (excluding diaryl/α,β-unsaturated/α-hetero) is 1. The lowest BCUT2D eigenvalue weighted by atomic mass is 9.88. The van der Waals surface area contributed by atoms with Gasteiger partial charge in [0.2, 0.25) is 0 Å². The number of piperidine rings is 1. The molecular weight excluding hydrogens is 444 g/mol. The summed E-state index contributed by atoms with van der Waals surface area (Å²) in [5.41, 5.74) is 2.86. The van der Waals surface area contributed by atoms with Crippen LogP contribution in [0.2, 0.25) is 0 Å². The zero-order valence-electron chi connectivity index (χ0n) is 19.7. The van der Waals surface area contributed by atoms with Gasteiger partial charge in [-0.05, 0) is 67.4 Å². The predicted octanol–water partition coefficient (Wildman–Crippen LogP) is 4.95. The molecule has 1 fully saturated rings. The number of methoxy groups -OCH3 is 1. The van der Waals surface area contributed by atoms with Crippen LogP contribution in [0.25, 0.3) is 0 Å². The van der Waals surface area contributed by atoms with Gasteiger partial charge in [0.05, 0.1) is 18.4 Å². The largest absolute Gasteiger partial charge is 0.497 e. The van der Waals surface area contributed by atoms with Gasteiger partial charge in [-0.3, -0.25) is 9.59 Å². The van der Waals surface area contributed by atoms with Crippen LogP contribution in [0.5, 0.6) is 17.2 Å². The summed E-state index contributed by atoms with van der Waals surface area (Å²) in [6, 6.07) is 20.4. The number of fused-ring (bicyclic) bond motifs is 1. The van der Waals surface area contributed by atoms with Crippen molar-refractivity contribution in [3.05, 3.63) is 77.9 Å². The molecule has 0 saturated carbocycles. The number of anilines is 2. The molecule has 2 aliphatic rings. The van der Waals surface area contributed by atoms with E-state index >= 15 is 0 Å². The number of ether oxygens (including phenoxy) is 3. The molecule has 3 aromatic rings. The molecule has 180 valence electrons. The number of hydrogen-bond acceptors (Lipinski definition) is 6. The minimum absolute atomic E-state index is 0.0353. The van der Waals surface area contributed by atoms with E-state index in [1.165, 1.54) is 0 Å². The van der Waals surface area contributed by atoms with Crippen molar-refractivity contribution in [3.63, 3.8) is 0 Å². The fourth-order valence-corrected chi connectivity index (χ4v) is 4.56. The number of carbonyl (C=O) groups excluding carboxylic acids is 2. The van der Waals surface area contributed by atoms with Crippen molar-refractivity contribution in [1.82, 2.24) is 4.90 Å². The summed E-state index contributed by atoms with van der Waals surface area (Å²) in [6.45, 7) is 2.08. The van der Waals surface area contributed by atoms with Crippen LogP contribution < -0.4 is 19.5 Å². The smallest absolute Gasteiger partial charge is 0.255 e. The molecule has 0 unspecified atom stereocenters. The summed E-state index contributed by atoms with van der Waals surface area (Å²) in [5, 5.41) is 3.34. The maximum atomic E-state index is 13.4. The minimum atomic E-state index is -0.116. The van der Waals surface area contributed by atoms with E-state index in [4.69, 9.17) is 14.2 Å². The zero-order valence-corrected chi connectivity index (χ0v) is 19.7. The number of nitrogens with one attached hydrogen (secondary N) is 1. The van der Waals surface area contributed by atoms with Crippen LogP contribution in [-0.2, 0) is 0 Å². The highest BCUT2D eigenvalue weighted by Crippen LogP contribution is 2.33. The van der Waals surface area contributed by atoms with Crippen LogP contribution in [0.4, 0.5) is 11.4 Å². The topological polar surface area (TPSA) is 77.1 Å². The summed E-state index contributed by atoms with van der Waals surface area (Å²) in [5.74, 6) is 2.01. The van der Waals surface area contributed by atoms with Crippen molar-refractivity contribution in [2.75, 3.05) is 38.7 Å². The van der Waals surface area contributed by atoms with Gasteiger partial charge < -0.3 is 24.4 Å². The zero-order chi connectivity index (χ0) is 24.2. The van der Waals surface area contributed by atoms with Crippen LogP contribution in [0.3, 0.4) is 0 Å². The second-order valence-electron chi connectivity index (χ2n) is 8.69. The van der Waals surface area contributed by atoms with Crippen molar-refractivity contribution in [1.29, 1.82) is 0 Å². The fraction of sp³-hybridized carbons (Fsp3) is 0.286. The maximum Gasteiger partial charge on any atom is 0.255 e. The van der Waals surface area contributed by atoms with Gasteiger partial charge >= 0.3 is 0 Å². The molecule has 1 amide bonds. The van der Waals surface area contributed by atoms with Crippen molar-refractivity contribution in [3.8, 4) is 17.2 Å². The molecule has 1 saturated heterocycles. The molecule has 0 aliphatic carbocycles. The van der Waals surface area contributed by atoms with E-state index in [2.05, 4.69) is 5.32 Å². The van der Waals surface area contributed by atoms with E-state index in [1.807, 2.05) is 53.4 Å². The number of nitrogens with zero attached hydrogens (tertiary/aromatic N) is 1. The predicted molar refractivity (Wildman–Crippen MR) is 133 cm³/mol. The maximum absolute atomic E-state index is 13.4. The molecule has 7 nitrogen and oxygen atoms in total. The Hall–Kier alpha value is -4.00. The number of rotatable bonds is 6. The summed E-state index contributed by atoms with van der Waals surface area (Å²) in [7, 11) is 1.63. The first-order valence-electron chi connectivity index (χ1n) is 11.9. The van der Waals surface area contributed by atoms with Gasteiger partial charge in [-0.25, -0.2) is 0 Å². The van der Waals surface area contributed by atoms with Crippen LogP contribution in [0, 0.1) is 5.92 Å². The molecule has 0 aromatic heterocycles. The average molecular weight is 473 g/mol. The van der Waals surface area contributed by atoms with Crippen molar-refractivity contribution >= 4 is 23.1 Å². The first-order valence-corrected chi connectivity index (χ1v) is 11.9. The van der Waals surface area contributed by atoms with Gasteiger partial charge in [0, 0.05) is 30.3 Å². The van der Waals surface area contributed by atoms with E-state index < -0.39 is 0 Å². The number of likely N-dealkylation sites (tertiary alicyclic amines) is 1. The number of para-hydroxylation sites is 1. The first kappa shape index (κ1) is 22.8. The lowest BCUT2D eigenvalue weighted by Crippen LogP contribution is -2.40. The van der Waals surface area contributed by atoms with E-state index in [9.17, 15) is 9.59 Å². The molecule has 3 aromatic carbocycles. The standard InChI is InChI=1S/C28H28N2O5/c1-33-22-9-7-21(8-10-22)29-24-5-3-2-4-23(24)28(32)30-14-12-19(13-15-30)27(31)20-6-11-25-26(18-20)35-17-16-34-25/h2-11,18-19,29H,12-17H2,1H3. The molecular formula is C28H28N2O5. The Morgan fingerprint density at radius 2 is 1.63 bits per heavy atom. The molecule has 0 spiro atoms. The summed E-state index contributed by atoms with van der Waals surface area (Å²) in [6.07, 6.45) is 1.26. The summed E-state index contributed by atoms with van der Waals surface area (Å²) in [4.78, 5) is 28.3. The van der Waals surface area contributed by atoms with Crippen LogP contribution in [-0.4, -0.2) is 50.0 Å². The van der Waals surface area contributed by atoms with Gasteiger partial charge in [0.1, 0.15) is 19.0 Å². The molecule has 2 aliphatic heterocycles. The number of ketones is 1. The highest BCUT2D eigenvalue weighted by atomic mass is 16.6. The third-order valence-electron chi connectivity index (χ3n) is 6.51. The fourth-order valence-electron chi connectivity index (χ4n) is 4.56. The first-order chi connectivity index (χ1) is 17.1. The SMILES string of the molecule is COc1ccc(Nc2ccccc2C(=O)N2CCC(C(=O)c3ccc4c(c3)OCCO4)CC2)cc1. The van der Waals surface area contributed by atoms with Crippen molar-refractivity contribution < 1.29 is 23.8 Å². The average Bonchev–Trinajstić information content (AvgIpc) is 2.93. The molecule has 2 heterocycles. The van der Waals surface area contributed by atoms with E-state index in [0.29, 0.717) is 61.8 Å². The number of benzene rings is 3. The molecule has 0 atom stereocenters. The Morgan fingerprint density at radius 3 is 2.37 bits per heavy atom. The molecule has 35 heavy (non-hydrogen) atoms. The van der Waals surface area contributed by atoms with Gasteiger partial charge in [0.15, 0.2) is 17.3 Å². The third-order valence-corrected chi connectivity index (χ3v) is 6.51. The van der Waals surface area contributed by atoms with Gasteiger partial charge in [0.25, 0.3) is 5.91 Å². The van der Waals surface area contributed by atoms with Crippen LogP contribution in [0.15, 0.2) is 66.7 Å². The Kier molecular flexibility index (Phi) is 6.57. The van der Waals surface area contributed by atoms with Crippen molar-refractivity contribution in [2.24, 2.45) is 5.92 Å². The number of amides is 1. The molecule has 0 radical (unpaired) electrons. The van der Waals surface area contributed by atoms with Gasteiger partial charge in [-0.2, -0.15) is 0 Å². The van der Waals surface area contributed by atoms with Gasteiger partial charge in [-0.15, -0.1) is 0 Å². The van der Waals surface area contributed by atoms with Crippen LogP contribution >= 0.6 is 0 Å². The van der Waals surface area contributed by atoms with E-state index in [1.54, 1.807) is 25.3 Å². The molecule has 7 heteroatoms. The molecule has 5 rings (SSSR count). The lowest BCUT2D eigenvalue weighted by Gasteiger charge is -2.32. The van der Waals surface area contributed by atoms with Crippen LogP contribution in [0.1, 0.15) is 33.6 Å². The summed E-state index contributed by atoms with van der Waals surface area (Å²) >= 11 is 0. The minimum Gasteiger partial charge on any atom is -0.497 e. The Labute approximate surface area is 204 Å². The normalized spacial score (nSPS) is 15.4. The lowest BCUT2D eigenvalue weighted by molar-refractivity contribution is 0.0651. The Bertz CT molecular complexity index is 1220. The van der Waals surface area contributed by atoms with E-state index in [0.717, 1.165) is 17.1 Å². The monoisotopic (exact) mass is 472 g/mol. The summed E-state index contributed by atoms with van der Waals surface area (Å²) < 4.78 is 16.4. The second-order valence-corrected chi connectivity index (χ2v) is 8.69. The van der Waals surface area contributed by atoms with E-state index in [-0.39, 0.29) is 17.6 Å².